The van der Waals surface area contributed by atoms with Crippen molar-refractivity contribution in [1.82, 2.24) is 14.0 Å². The van der Waals surface area contributed by atoms with Crippen molar-refractivity contribution in [2.24, 2.45) is 4.99 Å². The second-order valence-electron chi connectivity index (χ2n) is 7.05. The van der Waals surface area contributed by atoms with Crippen molar-refractivity contribution >= 4 is 34.2 Å². The fourth-order valence-electron chi connectivity index (χ4n) is 3.37. The normalized spacial score (nSPS) is 12.9. The summed E-state index contributed by atoms with van der Waals surface area (Å²) in [6.45, 7) is 7.59. The Morgan fingerprint density at radius 3 is 2.82 bits per heavy atom. The SMILES string of the molecule is C=C/C=C(C(=O)N=c1c(C#N)cc2c(=O)n3cccc(C)c3nc2n1CCOC)\C(Cl)=C/C. The highest BCUT2D eigenvalue weighted by Gasteiger charge is 2.17. The predicted octanol–water partition coefficient (Wildman–Crippen LogP) is 3.16. The first-order valence-corrected chi connectivity index (χ1v) is 10.4. The van der Waals surface area contributed by atoms with Crippen molar-refractivity contribution in [3.8, 4) is 6.07 Å². The number of aryl methyl sites for hydroxylation is 1. The molecule has 3 rings (SSSR count). The Morgan fingerprint density at radius 1 is 1.42 bits per heavy atom. The zero-order valence-electron chi connectivity index (χ0n) is 18.5. The molecule has 0 atom stereocenters. The number of rotatable bonds is 6. The summed E-state index contributed by atoms with van der Waals surface area (Å²) in [7, 11) is 1.53. The summed E-state index contributed by atoms with van der Waals surface area (Å²) in [5, 5.41) is 10.2. The van der Waals surface area contributed by atoms with Crippen LogP contribution in [0.5, 0.6) is 0 Å². The molecule has 3 aromatic rings. The maximum absolute atomic E-state index is 13.2. The Labute approximate surface area is 195 Å². The number of ether oxygens (including phenoxy) is 1. The molecule has 0 saturated carbocycles. The molecular formula is C24H22ClN5O3. The highest BCUT2D eigenvalue weighted by molar-refractivity contribution is 6.35. The van der Waals surface area contributed by atoms with Crippen molar-refractivity contribution in [3.63, 3.8) is 0 Å². The molecule has 0 unspecified atom stereocenters. The highest BCUT2D eigenvalue weighted by atomic mass is 35.5. The number of hydrogen-bond acceptors (Lipinski definition) is 5. The van der Waals surface area contributed by atoms with Gasteiger partial charge in [0.25, 0.3) is 11.5 Å². The minimum Gasteiger partial charge on any atom is -0.383 e. The number of nitrogens with zero attached hydrogens (tertiary/aromatic N) is 5. The van der Waals surface area contributed by atoms with Gasteiger partial charge in [-0.2, -0.15) is 10.3 Å². The van der Waals surface area contributed by atoms with Gasteiger partial charge in [0.1, 0.15) is 17.4 Å². The van der Waals surface area contributed by atoms with E-state index in [0.717, 1.165) is 5.56 Å². The van der Waals surface area contributed by atoms with Crippen LogP contribution in [0.1, 0.15) is 18.1 Å². The fourth-order valence-corrected chi connectivity index (χ4v) is 3.51. The Hall–Kier alpha value is -3.80. The van der Waals surface area contributed by atoms with E-state index in [2.05, 4.69) is 16.6 Å². The van der Waals surface area contributed by atoms with Crippen molar-refractivity contribution in [1.29, 1.82) is 5.26 Å². The van der Waals surface area contributed by atoms with Gasteiger partial charge >= 0.3 is 0 Å². The largest absolute Gasteiger partial charge is 0.383 e. The van der Waals surface area contributed by atoms with Crippen LogP contribution in [0.2, 0.25) is 0 Å². The lowest BCUT2D eigenvalue weighted by molar-refractivity contribution is -0.114. The molecule has 0 fully saturated rings. The van der Waals surface area contributed by atoms with E-state index in [9.17, 15) is 14.9 Å². The molecule has 0 aliphatic carbocycles. The quantitative estimate of drug-likeness (QED) is 0.317. The van der Waals surface area contributed by atoms with Gasteiger partial charge in [-0.15, -0.1) is 0 Å². The highest BCUT2D eigenvalue weighted by Crippen LogP contribution is 2.17. The second-order valence-corrected chi connectivity index (χ2v) is 7.45. The summed E-state index contributed by atoms with van der Waals surface area (Å²) in [4.78, 5) is 35.1. The average Bonchev–Trinajstić information content (AvgIpc) is 2.81. The van der Waals surface area contributed by atoms with Gasteiger partial charge in [-0.05, 0) is 37.6 Å². The molecule has 1 amide bonds. The first kappa shape index (κ1) is 23.9. The second kappa shape index (κ2) is 10.2. The third kappa shape index (κ3) is 4.55. The summed E-state index contributed by atoms with van der Waals surface area (Å²) < 4.78 is 8.20. The van der Waals surface area contributed by atoms with Crippen LogP contribution < -0.4 is 11.0 Å². The van der Waals surface area contributed by atoms with Gasteiger partial charge < -0.3 is 9.30 Å². The van der Waals surface area contributed by atoms with Gasteiger partial charge in [0, 0.05) is 24.9 Å². The number of amides is 1. The zero-order valence-corrected chi connectivity index (χ0v) is 19.3. The molecule has 0 aliphatic heterocycles. The number of hydrogen-bond donors (Lipinski definition) is 0. The van der Waals surface area contributed by atoms with E-state index in [0.29, 0.717) is 11.3 Å². The number of methoxy groups -OCH3 is 1. The maximum Gasteiger partial charge on any atom is 0.280 e. The molecule has 3 aromatic heterocycles. The van der Waals surface area contributed by atoms with E-state index in [-0.39, 0.29) is 45.8 Å². The molecule has 33 heavy (non-hydrogen) atoms. The van der Waals surface area contributed by atoms with E-state index < -0.39 is 5.91 Å². The summed E-state index contributed by atoms with van der Waals surface area (Å²) >= 11 is 6.18. The van der Waals surface area contributed by atoms with E-state index in [1.54, 1.807) is 29.8 Å². The molecule has 0 aromatic carbocycles. The first-order chi connectivity index (χ1) is 15.9. The molecule has 0 aliphatic rings. The lowest BCUT2D eigenvalue weighted by Crippen LogP contribution is -2.31. The molecule has 0 N–H and O–H groups in total. The van der Waals surface area contributed by atoms with Gasteiger partial charge in [-0.25, -0.2) is 4.98 Å². The third-order valence-corrected chi connectivity index (χ3v) is 5.40. The Balaban J connectivity index is 2.48. The number of carbonyl (C=O) groups excluding carboxylic acids is 1. The summed E-state index contributed by atoms with van der Waals surface area (Å²) in [5.74, 6) is -0.659. The van der Waals surface area contributed by atoms with E-state index >= 15 is 0 Å². The van der Waals surface area contributed by atoms with Crippen molar-refractivity contribution < 1.29 is 9.53 Å². The van der Waals surface area contributed by atoms with Crippen LogP contribution in [0.3, 0.4) is 0 Å². The van der Waals surface area contributed by atoms with Gasteiger partial charge in [-0.3, -0.25) is 14.0 Å². The lowest BCUT2D eigenvalue weighted by Gasteiger charge is -2.14. The fraction of sp³-hybridized carbons (Fsp3) is 0.208. The van der Waals surface area contributed by atoms with E-state index in [4.69, 9.17) is 16.3 Å². The number of fused-ring (bicyclic) bond motifs is 2. The molecular weight excluding hydrogens is 442 g/mol. The molecule has 9 heteroatoms. The average molecular weight is 464 g/mol. The molecule has 3 heterocycles. The number of carbonyl (C=O) groups is 1. The summed E-state index contributed by atoms with van der Waals surface area (Å²) in [5.41, 5.74) is 1.46. The van der Waals surface area contributed by atoms with E-state index in [1.165, 1.54) is 29.7 Å². The molecule has 0 radical (unpaired) electrons. The van der Waals surface area contributed by atoms with E-state index in [1.807, 2.05) is 19.1 Å². The predicted molar refractivity (Wildman–Crippen MR) is 127 cm³/mol. The van der Waals surface area contributed by atoms with Crippen LogP contribution in [-0.2, 0) is 16.1 Å². The number of aromatic nitrogens is 3. The molecule has 168 valence electrons. The van der Waals surface area contributed by atoms with Crippen molar-refractivity contribution in [3.05, 3.63) is 86.8 Å². The topological polar surface area (TPSA) is 102 Å². The molecule has 8 nitrogen and oxygen atoms in total. The maximum atomic E-state index is 13.2. The summed E-state index contributed by atoms with van der Waals surface area (Å²) in [6.07, 6.45) is 6.06. The van der Waals surface area contributed by atoms with Crippen LogP contribution >= 0.6 is 11.6 Å². The zero-order chi connectivity index (χ0) is 24.1. The van der Waals surface area contributed by atoms with Gasteiger partial charge in [0.05, 0.1) is 23.1 Å². The van der Waals surface area contributed by atoms with Crippen LogP contribution in [0.25, 0.3) is 16.7 Å². The first-order valence-electron chi connectivity index (χ1n) is 10.1. The number of pyridine rings is 2. The van der Waals surface area contributed by atoms with Gasteiger partial charge in [-0.1, -0.05) is 36.4 Å². The Morgan fingerprint density at radius 2 is 2.18 bits per heavy atom. The third-order valence-electron chi connectivity index (χ3n) is 4.98. The van der Waals surface area contributed by atoms with Crippen LogP contribution in [0.15, 0.2) is 69.6 Å². The number of halogens is 1. The van der Waals surface area contributed by atoms with Crippen molar-refractivity contribution in [2.45, 2.75) is 20.4 Å². The molecule has 0 saturated heterocycles. The number of allylic oxidation sites excluding steroid dienone is 3. The van der Waals surface area contributed by atoms with Gasteiger partial charge in [0.2, 0.25) is 0 Å². The molecule has 0 bridgehead atoms. The standard InChI is InChI=1S/C24H22ClN5O3/c1-5-8-17(19(25)6-2)23(31)28-21-16(14-26)13-18-22(29(21)11-12-33-4)27-20-15(3)9-7-10-30(20)24(18)32/h5-10,13H,1,11-12H2,2-4H3/b17-8+,19-6+,28-21?. The van der Waals surface area contributed by atoms with Crippen LogP contribution in [0, 0.1) is 18.3 Å². The smallest absolute Gasteiger partial charge is 0.280 e. The lowest BCUT2D eigenvalue weighted by atomic mass is 10.2. The van der Waals surface area contributed by atoms with Gasteiger partial charge in [0.15, 0.2) is 5.49 Å². The number of nitriles is 1. The Kier molecular flexibility index (Phi) is 7.38. The minimum absolute atomic E-state index is 0.0491. The van der Waals surface area contributed by atoms with Crippen molar-refractivity contribution in [2.75, 3.05) is 13.7 Å². The van der Waals surface area contributed by atoms with Crippen LogP contribution in [0.4, 0.5) is 0 Å². The summed E-state index contributed by atoms with van der Waals surface area (Å²) in [6, 6.07) is 7.04. The Bertz CT molecular complexity index is 1500. The monoisotopic (exact) mass is 463 g/mol. The van der Waals surface area contributed by atoms with Crippen LogP contribution in [-0.4, -0.2) is 33.6 Å². The molecule has 0 spiro atoms. The minimum atomic E-state index is -0.659.